The van der Waals surface area contributed by atoms with E-state index in [9.17, 15) is 24.9 Å². The topological polar surface area (TPSA) is 104 Å². The summed E-state index contributed by atoms with van der Waals surface area (Å²) < 4.78 is 5.15. The van der Waals surface area contributed by atoms with Gasteiger partial charge in [0, 0.05) is 17.9 Å². The van der Waals surface area contributed by atoms with Crippen LogP contribution in [-0.4, -0.2) is 51.5 Å². The van der Waals surface area contributed by atoms with Gasteiger partial charge in [0.2, 0.25) is 0 Å². The summed E-state index contributed by atoms with van der Waals surface area (Å²) in [6.45, 7) is 2.46. The standard InChI is InChI=1S/C23H32O6/c1-20-6-3-17-18(4-8-22(27)11-15(25)2-7-21(17,22)13-24)23(20,28)9-5-16(20)14-10-19(26)29-12-14/h10,13,15-18,25,27-28H,2-9,11-12H2,1H3/t15-,16+,17-,18+,20+,21-,22-,23+/m0/s1. The van der Waals surface area contributed by atoms with Gasteiger partial charge in [0.15, 0.2) is 0 Å². The maximum atomic E-state index is 12.5. The fraction of sp³-hybridized carbons (Fsp3) is 0.826. The molecular formula is C23H32O6. The summed E-state index contributed by atoms with van der Waals surface area (Å²) >= 11 is 0. The van der Waals surface area contributed by atoms with Gasteiger partial charge in [-0.25, -0.2) is 4.79 Å². The van der Waals surface area contributed by atoms with Gasteiger partial charge in [0.1, 0.15) is 12.9 Å². The lowest BCUT2D eigenvalue weighted by molar-refractivity contribution is -0.248. The van der Waals surface area contributed by atoms with Crippen LogP contribution in [0.3, 0.4) is 0 Å². The van der Waals surface area contributed by atoms with Crippen LogP contribution in [0.5, 0.6) is 0 Å². The van der Waals surface area contributed by atoms with E-state index in [4.69, 9.17) is 4.74 Å². The van der Waals surface area contributed by atoms with Crippen molar-refractivity contribution in [3.05, 3.63) is 11.6 Å². The van der Waals surface area contributed by atoms with Crippen molar-refractivity contribution in [1.82, 2.24) is 0 Å². The monoisotopic (exact) mass is 404 g/mol. The highest BCUT2D eigenvalue weighted by Gasteiger charge is 2.71. The summed E-state index contributed by atoms with van der Waals surface area (Å²) in [6, 6.07) is 0. The van der Waals surface area contributed by atoms with Gasteiger partial charge >= 0.3 is 5.97 Å². The van der Waals surface area contributed by atoms with Crippen LogP contribution in [0, 0.1) is 28.6 Å². The summed E-state index contributed by atoms with van der Waals surface area (Å²) in [5, 5.41) is 33.7. The SMILES string of the molecule is C[C@]12CC[C@H]3[C@@H](CC[C@]4(O)C[C@@H](O)CC[C@]34C=O)[C@]1(O)CC[C@@H]2C1=CC(=O)OC1. The highest BCUT2D eigenvalue weighted by molar-refractivity contribution is 5.85. The van der Waals surface area contributed by atoms with Crippen molar-refractivity contribution in [1.29, 1.82) is 0 Å². The second-order valence-corrected chi connectivity index (χ2v) is 10.6. The van der Waals surface area contributed by atoms with Crippen molar-refractivity contribution in [2.24, 2.45) is 28.6 Å². The molecule has 3 N–H and O–H groups in total. The van der Waals surface area contributed by atoms with E-state index in [1.807, 2.05) is 0 Å². The molecule has 29 heavy (non-hydrogen) atoms. The number of ether oxygens (including phenoxy) is 1. The highest BCUT2D eigenvalue weighted by atomic mass is 16.5. The number of fused-ring (bicyclic) bond motifs is 5. The first-order valence-electron chi connectivity index (χ1n) is 11.2. The number of esters is 1. The number of rotatable bonds is 2. The Morgan fingerprint density at radius 1 is 1.07 bits per heavy atom. The fourth-order valence-electron chi connectivity index (χ4n) is 8.34. The Morgan fingerprint density at radius 3 is 2.52 bits per heavy atom. The average Bonchev–Trinajstić information content (AvgIpc) is 3.21. The van der Waals surface area contributed by atoms with Crippen molar-refractivity contribution in [3.8, 4) is 0 Å². The van der Waals surface area contributed by atoms with Crippen molar-refractivity contribution >= 4 is 12.3 Å². The predicted octanol–water partition coefficient (Wildman–Crippen LogP) is 1.90. The third kappa shape index (κ3) is 2.34. The van der Waals surface area contributed by atoms with Crippen LogP contribution in [0.2, 0.25) is 0 Å². The van der Waals surface area contributed by atoms with Crippen LogP contribution < -0.4 is 0 Å². The van der Waals surface area contributed by atoms with Gasteiger partial charge in [-0.05, 0) is 74.7 Å². The van der Waals surface area contributed by atoms with E-state index >= 15 is 0 Å². The van der Waals surface area contributed by atoms with Gasteiger partial charge < -0.3 is 24.9 Å². The molecule has 1 aliphatic heterocycles. The molecule has 5 aliphatic rings. The number of carbonyl (C=O) groups is 2. The van der Waals surface area contributed by atoms with Crippen LogP contribution >= 0.6 is 0 Å². The molecular weight excluding hydrogens is 372 g/mol. The van der Waals surface area contributed by atoms with E-state index in [1.165, 1.54) is 0 Å². The van der Waals surface area contributed by atoms with E-state index in [0.717, 1.165) is 31.1 Å². The first-order valence-corrected chi connectivity index (χ1v) is 11.2. The molecule has 6 nitrogen and oxygen atoms in total. The molecule has 6 heteroatoms. The van der Waals surface area contributed by atoms with E-state index in [1.54, 1.807) is 6.08 Å². The molecule has 160 valence electrons. The minimum Gasteiger partial charge on any atom is -0.458 e. The molecule has 4 fully saturated rings. The Bertz CT molecular complexity index is 777. The predicted molar refractivity (Wildman–Crippen MR) is 104 cm³/mol. The molecule has 0 aromatic rings. The molecule has 0 aromatic heterocycles. The molecule has 4 aliphatic carbocycles. The third-order valence-electron chi connectivity index (χ3n) is 9.85. The summed E-state index contributed by atoms with van der Waals surface area (Å²) in [4.78, 5) is 24.1. The molecule has 4 saturated carbocycles. The van der Waals surface area contributed by atoms with Gasteiger partial charge in [0.25, 0.3) is 0 Å². The van der Waals surface area contributed by atoms with Gasteiger partial charge in [-0.3, -0.25) is 0 Å². The number of aldehydes is 1. The molecule has 1 heterocycles. The zero-order valence-corrected chi connectivity index (χ0v) is 17.1. The molecule has 0 bridgehead atoms. The summed E-state index contributed by atoms with van der Waals surface area (Å²) in [6.07, 6.45) is 7.36. The number of hydrogen-bond acceptors (Lipinski definition) is 6. The lowest BCUT2D eigenvalue weighted by Crippen LogP contribution is -2.68. The molecule has 0 unspecified atom stereocenters. The second-order valence-electron chi connectivity index (χ2n) is 10.6. The van der Waals surface area contributed by atoms with E-state index in [0.29, 0.717) is 38.7 Å². The first kappa shape index (κ1) is 19.7. The van der Waals surface area contributed by atoms with E-state index in [2.05, 4.69) is 6.92 Å². The molecule has 5 rings (SSSR count). The Labute approximate surface area is 171 Å². The smallest absolute Gasteiger partial charge is 0.331 e. The Hall–Kier alpha value is -1.24. The maximum Gasteiger partial charge on any atom is 0.331 e. The molecule has 0 spiro atoms. The molecule has 0 saturated heterocycles. The molecule has 8 atom stereocenters. The van der Waals surface area contributed by atoms with Crippen molar-refractivity contribution in [2.75, 3.05) is 6.61 Å². The molecule has 0 amide bonds. The minimum absolute atomic E-state index is 0.0504. The van der Waals surface area contributed by atoms with Crippen molar-refractivity contribution in [2.45, 2.75) is 82.0 Å². The number of hydrogen-bond donors (Lipinski definition) is 3. The Kier molecular flexibility index (Phi) is 4.18. The normalized spacial score (nSPS) is 54.1. The fourth-order valence-corrected chi connectivity index (χ4v) is 8.34. The quantitative estimate of drug-likeness (QED) is 0.480. The van der Waals surface area contributed by atoms with Gasteiger partial charge in [-0.2, -0.15) is 0 Å². The lowest BCUT2D eigenvalue weighted by atomic mass is 9.41. The van der Waals surface area contributed by atoms with Gasteiger partial charge in [-0.15, -0.1) is 0 Å². The second kappa shape index (κ2) is 6.14. The minimum atomic E-state index is -1.18. The average molecular weight is 405 g/mol. The van der Waals surface area contributed by atoms with Gasteiger partial charge in [0.05, 0.1) is 22.7 Å². The summed E-state index contributed by atoms with van der Waals surface area (Å²) in [5.41, 5.74) is -2.34. The zero-order valence-electron chi connectivity index (χ0n) is 17.1. The Morgan fingerprint density at radius 2 is 1.83 bits per heavy atom. The number of carbonyl (C=O) groups excluding carboxylic acids is 2. The van der Waals surface area contributed by atoms with Crippen LogP contribution in [0.15, 0.2) is 11.6 Å². The lowest BCUT2D eigenvalue weighted by Gasteiger charge is -2.65. The highest BCUT2D eigenvalue weighted by Crippen LogP contribution is 2.70. The van der Waals surface area contributed by atoms with E-state index in [-0.39, 0.29) is 35.6 Å². The van der Waals surface area contributed by atoms with Crippen LogP contribution in [0.1, 0.15) is 64.7 Å². The van der Waals surface area contributed by atoms with Crippen molar-refractivity contribution in [3.63, 3.8) is 0 Å². The molecule has 0 radical (unpaired) electrons. The summed E-state index contributed by atoms with van der Waals surface area (Å²) in [7, 11) is 0. The van der Waals surface area contributed by atoms with E-state index < -0.39 is 22.7 Å². The van der Waals surface area contributed by atoms with Crippen molar-refractivity contribution < 1.29 is 29.6 Å². The largest absolute Gasteiger partial charge is 0.458 e. The van der Waals surface area contributed by atoms with Crippen LogP contribution in [-0.2, 0) is 14.3 Å². The summed E-state index contributed by atoms with van der Waals surface area (Å²) in [5.74, 6) is -0.304. The maximum absolute atomic E-state index is 12.5. The van der Waals surface area contributed by atoms with Crippen LogP contribution in [0.25, 0.3) is 0 Å². The van der Waals surface area contributed by atoms with Gasteiger partial charge in [-0.1, -0.05) is 6.92 Å². The zero-order chi connectivity index (χ0) is 20.7. The number of aliphatic hydroxyl groups excluding tert-OH is 1. The third-order valence-corrected chi connectivity index (χ3v) is 9.85. The van der Waals surface area contributed by atoms with Crippen LogP contribution in [0.4, 0.5) is 0 Å². The molecule has 0 aromatic carbocycles. The number of aliphatic hydroxyl groups is 3. The first-order chi connectivity index (χ1) is 13.7. The number of cyclic esters (lactones) is 1. The Balaban J connectivity index is 1.52.